The molecule has 0 N–H and O–H groups in total. The van der Waals surface area contributed by atoms with Gasteiger partial charge in [-0.25, -0.2) is 19.9 Å². The lowest BCUT2D eigenvalue weighted by Gasteiger charge is -2.11. The fourth-order valence-corrected chi connectivity index (χ4v) is 7.95. The van der Waals surface area contributed by atoms with Crippen LogP contribution in [0.5, 0.6) is 0 Å². The number of fused-ring (bicyclic) bond motifs is 11. The Balaban J connectivity index is 1.11. The molecule has 55 heavy (non-hydrogen) atoms. The zero-order valence-electron chi connectivity index (χ0n) is 29.0. The van der Waals surface area contributed by atoms with E-state index in [2.05, 4.69) is 66.7 Å². The van der Waals surface area contributed by atoms with Crippen LogP contribution in [0.25, 0.3) is 122 Å². The molecule has 0 radical (unpaired) electrons. The van der Waals surface area contributed by atoms with Gasteiger partial charge < -0.3 is 13.3 Å². The maximum absolute atomic E-state index is 6.45. The fraction of sp³-hybridized carbons (Fsp3) is 0. The maximum Gasteiger partial charge on any atom is 0.227 e. The van der Waals surface area contributed by atoms with Crippen molar-refractivity contribution in [3.63, 3.8) is 0 Å². The summed E-state index contributed by atoms with van der Waals surface area (Å²) in [5, 5.41) is 8.18. The monoisotopic (exact) mass is 706 g/mol. The van der Waals surface area contributed by atoms with Gasteiger partial charge >= 0.3 is 0 Å². The van der Waals surface area contributed by atoms with Gasteiger partial charge in [0.05, 0.1) is 5.39 Å². The van der Waals surface area contributed by atoms with Crippen LogP contribution >= 0.6 is 0 Å². The van der Waals surface area contributed by atoms with Crippen molar-refractivity contribution in [1.29, 1.82) is 0 Å². The number of hydrogen-bond acceptors (Lipinski definition) is 7. The summed E-state index contributed by atoms with van der Waals surface area (Å²) in [6, 6.07) is 53.1. The molecule has 7 nitrogen and oxygen atoms in total. The van der Waals surface area contributed by atoms with E-state index in [1.54, 1.807) is 0 Å². The molecule has 256 valence electrons. The number of para-hydroxylation sites is 1. The van der Waals surface area contributed by atoms with Crippen LogP contribution < -0.4 is 0 Å². The summed E-state index contributed by atoms with van der Waals surface area (Å²) >= 11 is 0. The largest absolute Gasteiger partial charge is 0.456 e. The minimum absolute atomic E-state index is 0.558. The SMILES string of the molecule is c1ccc(-c2nc3c(ccc4oc5ccc6ccc(-c7nc(-c8ccc9ccccc9c8)nc(-c8cccc9oc%10ccccc%10c89)n7)cc6c5c43)o2)cc1. The first-order valence-electron chi connectivity index (χ1n) is 18.1. The summed E-state index contributed by atoms with van der Waals surface area (Å²) in [5.74, 6) is 2.27. The van der Waals surface area contributed by atoms with E-state index in [0.717, 1.165) is 93.2 Å². The Kier molecular flexibility index (Phi) is 6.21. The molecule has 4 aromatic heterocycles. The molecule has 8 aromatic carbocycles. The van der Waals surface area contributed by atoms with Crippen LogP contribution in [0.3, 0.4) is 0 Å². The lowest BCUT2D eigenvalue weighted by molar-refractivity contribution is 0.619. The van der Waals surface area contributed by atoms with E-state index in [1.807, 2.05) is 91.0 Å². The molecule has 0 saturated heterocycles. The molecule has 0 aliphatic heterocycles. The zero-order chi connectivity index (χ0) is 36.0. The molecule has 4 heterocycles. The van der Waals surface area contributed by atoms with Gasteiger partial charge in [0, 0.05) is 38.4 Å². The summed E-state index contributed by atoms with van der Waals surface area (Å²) in [7, 11) is 0. The second-order valence-corrected chi connectivity index (χ2v) is 13.8. The van der Waals surface area contributed by atoms with E-state index in [4.69, 9.17) is 33.2 Å². The van der Waals surface area contributed by atoms with Gasteiger partial charge in [-0.2, -0.15) is 0 Å². The number of aromatic nitrogens is 4. The Morgan fingerprint density at radius 2 is 0.964 bits per heavy atom. The van der Waals surface area contributed by atoms with Crippen LogP contribution in [0.4, 0.5) is 0 Å². The standard InChI is InChI=1S/C48H26N4O3/c1-2-10-29(11-3-1)48-49-44-40(55-48)24-23-39-43(44)42-35-26-32(20-18-28(35)21-22-38(42)54-39)46-50-45(31-19-17-27-9-4-5-12-30(27)25-31)51-47(52-46)34-14-8-16-37-41(34)33-13-6-7-15-36(33)53-37/h1-26H. The van der Waals surface area contributed by atoms with Crippen molar-refractivity contribution in [1.82, 2.24) is 19.9 Å². The third-order valence-corrected chi connectivity index (χ3v) is 10.5. The average molecular weight is 707 g/mol. The molecule has 12 aromatic rings. The van der Waals surface area contributed by atoms with Crippen molar-refractivity contribution >= 4 is 76.5 Å². The van der Waals surface area contributed by atoms with Crippen molar-refractivity contribution < 1.29 is 13.3 Å². The molecule has 0 amide bonds. The predicted molar refractivity (Wildman–Crippen MR) is 219 cm³/mol. The van der Waals surface area contributed by atoms with Gasteiger partial charge in [-0.05, 0) is 76.1 Å². The van der Waals surface area contributed by atoms with Crippen LogP contribution in [-0.4, -0.2) is 19.9 Å². The Labute approximate surface area is 312 Å². The third kappa shape index (κ3) is 4.63. The van der Waals surface area contributed by atoms with Crippen LogP contribution in [0.2, 0.25) is 0 Å². The molecule has 12 rings (SSSR count). The van der Waals surface area contributed by atoms with Gasteiger partial charge in [0.15, 0.2) is 23.1 Å². The molecule has 0 aliphatic carbocycles. The summed E-state index contributed by atoms with van der Waals surface area (Å²) in [4.78, 5) is 20.5. The topological polar surface area (TPSA) is 91.0 Å². The van der Waals surface area contributed by atoms with Gasteiger partial charge in [-0.3, -0.25) is 0 Å². The fourth-order valence-electron chi connectivity index (χ4n) is 7.95. The van der Waals surface area contributed by atoms with Crippen molar-refractivity contribution in [2.75, 3.05) is 0 Å². The minimum atomic E-state index is 0.558. The summed E-state index contributed by atoms with van der Waals surface area (Å²) in [6.45, 7) is 0. The first kappa shape index (κ1) is 29.9. The molecule has 0 fully saturated rings. The van der Waals surface area contributed by atoms with Crippen LogP contribution in [0.15, 0.2) is 171 Å². The second-order valence-electron chi connectivity index (χ2n) is 13.8. The highest BCUT2D eigenvalue weighted by atomic mass is 16.4. The first-order chi connectivity index (χ1) is 27.2. The summed E-state index contributed by atoms with van der Waals surface area (Å²) < 4.78 is 19.0. The van der Waals surface area contributed by atoms with Crippen molar-refractivity contribution in [3.8, 4) is 45.6 Å². The minimum Gasteiger partial charge on any atom is -0.456 e. The third-order valence-electron chi connectivity index (χ3n) is 10.5. The van der Waals surface area contributed by atoms with Gasteiger partial charge in [0.1, 0.15) is 27.8 Å². The second kappa shape index (κ2) is 11.4. The van der Waals surface area contributed by atoms with Gasteiger partial charge in [-0.1, -0.05) is 103 Å². The van der Waals surface area contributed by atoms with E-state index < -0.39 is 0 Å². The number of rotatable bonds is 4. The molecular formula is C48H26N4O3. The van der Waals surface area contributed by atoms with Crippen LogP contribution in [0, 0.1) is 0 Å². The molecule has 0 bridgehead atoms. The van der Waals surface area contributed by atoms with E-state index in [-0.39, 0.29) is 0 Å². The highest BCUT2D eigenvalue weighted by Crippen LogP contribution is 2.41. The quantitative estimate of drug-likeness (QED) is 0.180. The Hall–Kier alpha value is -7.64. The van der Waals surface area contributed by atoms with Gasteiger partial charge in [0.2, 0.25) is 5.89 Å². The molecule has 0 spiro atoms. The molecule has 0 unspecified atom stereocenters. The van der Waals surface area contributed by atoms with Gasteiger partial charge in [-0.15, -0.1) is 0 Å². The van der Waals surface area contributed by atoms with Crippen molar-refractivity contribution in [2.24, 2.45) is 0 Å². The highest BCUT2D eigenvalue weighted by molar-refractivity contribution is 6.25. The smallest absolute Gasteiger partial charge is 0.227 e. The van der Waals surface area contributed by atoms with E-state index in [9.17, 15) is 0 Å². The number of furan rings is 2. The number of hydrogen-bond donors (Lipinski definition) is 0. The lowest BCUT2D eigenvalue weighted by atomic mass is 10.0. The highest BCUT2D eigenvalue weighted by Gasteiger charge is 2.21. The molecule has 0 atom stereocenters. The normalized spacial score (nSPS) is 12.0. The van der Waals surface area contributed by atoms with Crippen LogP contribution in [0.1, 0.15) is 0 Å². The summed E-state index contributed by atoms with van der Waals surface area (Å²) in [5.41, 5.74) is 8.11. The Morgan fingerprint density at radius 1 is 0.327 bits per heavy atom. The number of oxazole rings is 1. The average Bonchev–Trinajstić information content (AvgIpc) is 3.97. The Bertz CT molecular complexity index is 3510. The first-order valence-corrected chi connectivity index (χ1v) is 18.1. The number of benzene rings is 8. The van der Waals surface area contributed by atoms with Crippen molar-refractivity contribution in [2.45, 2.75) is 0 Å². The Morgan fingerprint density at radius 3 is 1.85 bits per heavy atom. The lowest BCUT2D eigenvalue weighted by Crippen LogP contribution is -2.00. The van der Waals surface area contributed by atoms with E-state index >= 15 is 0 Å². The predicted octanol–water partition coefficient (Wildman–Crippen LogP) is 12.8. The molecule has 7 heteroatoms. The molecule has 0 saturated carbocycles. The van der Waals surface area contributed by atoms with Crippen molar-refractivity contribution in [3.05, 3.63) is 158 Å². The van der Waals surface area contributed by atoms with E-state index in [1.165, 1.54) is 0 Å². The summed E-state index contributed by atoms with van der Waals surface area (Å²) in [6.07, 6.45) is 0. The molecule has 0 aliphatic rings. The molecular weight excluding hydrogens is 681 g/mol. The van der Waals surface area contributed by atoms with Gasteiger partial charge in [0.25, 0.3) is 0 Å². The van der Waals surface area contributed by atoms with Crippen LogP contribution in [-0.2, 0) is 0 Å². The maximum atomic E-state index is 6.45. The number of nitrogens with zero attached hydrogens (tertiary/aromatic N) is 4. The zero-order valence-corrected chi connectivity index (χ0v) is 29.0. The van der Waals surface area contributed by atoms with E-state index in [0.29, 0.717) is 28.9 Å².